The van der Waals surface area contributed by atoms with Gasteiger partial charge in [0.25, 0.3) is 0 Å². The largest absolute Gasteiger partial charge is 0.481 e. The van der Waals surface area contributed by atoms with Crippen LogP contribution in [0.2, 0.25) is 5.02 Å². The molecule has 0 spiro atoms. The summed E-state index contributed by atoms with van der Waals surface area (Å²) in [7, 11) is 0. The molecule has 2 aromatic carbocycles. The smallest absolute Gasteiger partial charge is 0.303 e. The van der Waals surface area contributed by atoms with Gasteiger partial charge in [-0.05, 0) is 55.1 Å². The lowest BCUT2D eigenvalue weighted by Crippen LogP contribution is -2.56. The molecular weight excluding hydrogens is 429 g/mol. The highest BCUT2D eigenvalue weighted by Gasteiger charge is 2.35. The van der Waals surface area contributed by atoms with E-state index < -0.39 is 5.97 Å². The Morgan fingerprint density at radius 2 is 1.84 bits per heavy atom. The molecule has 2 aliphatic heterocycles. The van der Waals surface area contributed by atoms with Crippen molar-refractivity contribution in [3.05, 3.63) is 64.9 Å². The molecule has 0 aliphatic carbocycles. The van der Waals surface area contributed by atoms with Crippen molar-refractivity contribution in [2.24, 2.45) is 5.92 Å². The van der Waals surface area contributed by atoms with Gasteiger partial charge < -0.3 is 10.0 Å². The van der Waals surface area contributed by atoms with Gasteiger partial charge >= 0.3 is 5.97 Å². The summed E-state index contributed by atoms with van der Waals surface area (Å²) in [6.45, 7) is 6.02. The Kier molecular flexibility index (Phi) is 7.66. The number of nitrogens with zero attached hydrogens (tertiary/aromatic N) is 3. The summed E-state index contributed by atoms with van der Waals surface area (Å²) < 4.78 is 14.2. The van der Waals surface area contributed by atoms with Gasteiger partial charge in [-0.25, -0.2) is 4.39 Å². The first-order chi connectivity index (χ1) is 15.5. The van der Waals surface area contributed by atoms with E-state index in [0.29, 0.717) is 24.1 Å². The van der Waals surface area contributed by atoms with Crippen LogP contribution >= 0.6 is 11.6 Å². The number of hydrogen-bond donors (Lipinski definition) is 1. The van der Waals surface area contributed by atoms with Gasteiger partial charge in [0.05, 0.1) is 5.69 Å². The maximum absolute atomic E-state index is 14.2. The number of piperazine rings is 1. The first-order valence-corrected chi connectivity index (χ1v) is 11.8. The fourth-order valence-electron chi connectivity index (χ4n) is 5.21. The van der Waals surface area contributed by atoms with Gasteiger partial charge in [-0.15, -0.1) is 0 Å². The number of rotatable bonds is 7. The number of likely N-dealkylation sites (tertiary alicyclic amines) is 1. The Balaban J connectivity index is 1.39. The van der Waals surface area contributed by atoms with Gasteiger partial charge in [-0.1, -0.05) is 35.9 Å². The van der Waals surface area contributed by atoms with Crippen molar-refractivity contribution in [3.8, 4) is 0 Å². The quantitative estimate of drug-likeness (QED) is 0.666. The van der Waals surface area contributed by atoms with E-state index in [1.54, 1.807) is 6.07 Å². The average molecular weight is 460 g/mol. The zero-order chi connectivity index (χ0) is 22.5. The number of carbonyl (C=O) groups is 1. The standard InChI is InChI=1S/C25H31ClFN3O2/c26-21-5-3-4-19(16-21)17-28-11-10-23(20(18-28)8-9-25(31)32)29-12-14-30(15-13-29)24-7-2-1-6-22(24)27/h1-7,16,20,23H,8-15,17-18H2,(H,31,32)/t20-,23+/m1/s1. The summed E-state index contributed by atoms with van der Waals surface area (Å²) in [5.41, 5.74) is 1.86. The molecule has 0 saturated carbocycles. The van der Waals surface area contributed by atoms with Crippen LogP contribution in [0.4, 0.5) is 10.1 Å². The summed E-state index contributed by atoms with van der Waals surface area (Å²) >= 11 is 6.15. The molecule has 7 heteroatoms. The van der Waals surface area contributed by atoms with Gasteiger partial charge in [0.15, 0.2) is 0 Å². The summed E-state index contributed by atoms with van der Waals surface area (Å²) in [6.07, 6.45) is 1.89. The van der Waals surface area contributed by atoms with Gasteiger partial charge in [0.2, 0.25) is 0 Å². The second-order valence-electron chi connectivity index (χ2n) is 8.89. The number of piperidine rings is 1. The highest BCUT2D eigenvalue weighted by atomic mass is 35.5. The number of carboxylic acids is 1. The predicted molar refractivity (Wildman–Crippen MR) is 126 cm³/mol. The summed E-state index contributed by atoms with van der Waals surface area (Å²) in [4.78, 5) is 18.3. The zero-order valence-electron chi connectivity index (χ0n) is 18.3. The first-order valence-electron chi connectivity index (χ1n) is 11.4. The van der Waals surface area contributed by atoms with Crippen LogP contribution in [0.25, 0.3) is 0 Å². The van der Waals surface area contributed by atoms with Crippen molar-refractivity contribution in [3.63, 3.8) is 0 Å². The molecule has 0 aromatic heterocycles. The maximum Gasteiger partial charge on any atom is 0.303 e. The molecule has 32 heavy (non-hydrogen) atoms. The first kappa shape index (κ1) is 23.0. The van der Waals surface area contributed by atoms with Gasteiger partial charge in [0.1, 0.15) is 5.82 Å². The molecule has 0 amide bonds. The molecule has 2 atom stereocenters. The van der Waals surface area contributed by atoms with Gasteiger partial charge in [0, 0.05) is 56.8 Å². The summed E-state index contributed by atoms with van der Waals surface area (Å²) in [6, 6.07) is 15.3. The topological polar surface area (TPSA) is 47.0 Å². The Morgan fingerprint density at radius 3 is 2.56 bits per heavy atom. The van der Waals surface area contributed by atoms with Gasteiger partial charge in [-0.3, -0.25) is 14.6 Å². The highest BCUT2D eigenvalue weighted by Crippen LogP contribution is 2.29. The average Bonchev–Trinajstić information content (AvgIpc) is 2.78. The molecule has 2 aliphatic rings. The van der Waals surface area contributed by atoms with Crippen molar-refractivity contribution in [2.75, 3.05) is 44.2 Å². The number of para-hydroxylation sites is 1. The molecule has 0 unspecified atom stereocenters. The molecule has 2 heterocycles. The number of hydrogen-bond acceptors (Lipinski definition) is 4. The van der Waals surface area contributed by atoms with Crippen molar-refractivity contribution in [1.82, 2.24) is 9.80 Å². The number of anilines is 1. The highest BCUT2D eigenvalue weighted by molar-refractivity contribution is 6.30. The molecule has 2 aromatic rings. The molecule has 2 saturated heterocycles. The van der Waals surface area contributed by atoms with E-state index >= 15 is 0 Å². The van der Waals surface area contributed by atoms with E-state index in [4.69, 9.17) is 11.6 Å². The van der Waals surface area contributed by atoms with E-state index in [9.17, 15) is 14.3 Å². The monoisotopic (exact) mass is 459 g/mol. The van der Waals surface area contributed by atoms with Crippen molar-refractivity contribution in [2.45, 2.75) is 31.8 Å². The lowest BCUT2D eigenvalue weighted by molar-refractivity contribution is -0.137. The van der Waals surface area contributed by atoms with Crippen molar-refractivity contribution in [1.29, 1.82) is 0 Å². The van der Waals surface area contributed by atoms with E-state index in [-0.39, 0.29) is 12.2 Å². The van der Waals surface area contributed by atoms with Crippen LogP contribution in [0, 0.1) is 11.7 Å². The second kappa shape index (κ2) is 10.6. The van der Waals surface area contributed by atoms with Crippen LogP contribution in [0.5, 0.6) is 0 Å². The molecular formula is C25H31ClFN3O2. The number of aliphatic carboxylic acids is 1. The minimum Gasteiger partial charge on any atom is -0.481 e. The third kappa shape index (κ3) is 5.80. The minimum atomic E-state index is -0.736. The third-order valence-electron chi connectivity index (χ3n) is 6.78. The Labute approximate surface area is 194 Å². The Hall–Kier alpha value is -2.15. The normalized spacial score (nSPS) is 22.8. The molecule has 0 bridgehead atoms. The third-order valence-corrected chi connectivity index (χ3v) is 7.01. The molecule has 2 fully saturated rings. The van der Waals surface area contributed by atoms with Gasteiger partial charge in [-0.2, -0.15) is 0 Å². The number of carboxylic acid groups (broad SMARTS) is 1. The van der Waals surface area contributed by atoms with E-state index in [1.807, 2.05) is 30.3 Å². The maximum atomic E-state index is 14.2. The summed E-state index contributed by atoms with van der Waals surface area (Å²) in [5.74, 6) is -0.603. The fraction of sp³-hybridized carbons (Fsp3) is 0.480. The van der Waals surface area contributed by atoms with Crippen molar-refractivity contribution < 1.29 is 14.3 Å². The van der Waals surface area contributed by atoms with Crippen LogP contribution in [0.1, 0.15) is 24.8 Å². The molecule has 4 rings (SSSR count). The van der Waals surface area contributed by atoms with Crippen LogP contribution < -0.4 is 4.90 Å². The minimum absolute atomic E-state index is 0.172. The number of halogens is 2. The predicted octanol–water partition coefficient (Wildman–Crippen LogP) is 4.36. The lowest BCUT2D eigenvalue weighted by atomic mass is 9.86. The number of benzene rings is 2. The SMILES string of the molecule is O=C(O)CC[C@@H]1CN(Cc2cccc(Cl)c2)CC[C@@H]1N1CCN(c2ccccc2F)CC1. The van der Waals surface area contributed by atoms with Crippen LogP contribution in [-0.4, -0.2) is 66.2 Å². The van der Waals surface area contributed by atoms with E-state index in [0.717, 1.165) is 57.3 Å². The molecule has 1 N–H and O–H groups in total. The molecule has 0 radical (unpaired) electrons. The molecule has 5 nitrogen and oxygen atoms in total. The van der Waals surface area contributed by atoms with E-state index in [1.165, 1.54) is 11.6 Å². The summed E-state index contributed by atoms with van der Waals surface area (Å²) in [5, 5.41) is 10.0. The van der Waals surface area contributed by atoms with Crippen LogP contribution in [0.15, 0.2) is 48.5 Å². The Bertz CT molecular complexity index is 920. The van der Waals surface area contributed by atoms with E-state index in [2.05, 4.69) is 20.8 Å². The zero-order valence-corrected chi connectivity index (χ0v) is 19.1. The van der Waals surface area contributed by atoms with Crippen LogP contribution in [0.3, 0.4) is 0 Å². The molecule has 172 valence electrons. The van der Waals surface area contributed by atoms with Crippen molar-refractivity contribution >= 4 is 23.3 Å². The lowest BCUT2D eigenvalue weighted by Gasteiger charge is -2.47. The second-order valence-corrected chi connectivity index (χ2v) is 9.32. The fourth-order valence-corrected chi connectivity index (χ4v) is 5.42. The van der Waals surface area contributed by atoms with Crippen LogP contribution in [-0.2, 0) is 11.3 Å². The Morgan fingerprint density at radius 1 is 1.06 bits per heavy atom.